The average Bonchev–Trinajstić information content (AvgIpc) is 2.91. The van der Waals surface area contributed by atoms with Crippen LogP contribution in [0.25, 0.3) is 0 Å². The molecule has 0 aliphatic carbocycles. The summed E-state index contributed by atoms with van der Waals surface area (Å²) in [7, 11) is 0. The van der Waals surface area contributed by atoms with E-state index >= 15 is 0 Å². The highest BCUT2D eigenvalue weighted by Crippen LogP contribution is 2.22. The second-order valence-corrected chi connectivity index (χ2v) is 4.75. The molecule has 1 heterocycles. The molecule has 2 rings (SSSR count). The Hall–Kier alpha value is -1.81. The predicted octanol–water partition coefficient (Wildman–Crippen LogP) is 2.28. The second-order valence-electron chi connectivity index (χ2n) is 4.75. The van der Waals surface area contributed by atoms with Crippen LogP contribution in [0.15, 0.2) is 42.5 Å². The summed E-state index contributed by atoms with van der Waals surface area (Å²) in [6.45, 7) is 2.63. The van der Waals surface area contributed by atoms with Crippen LogP contribution in [0.3, 0.4) is 0 Å². The maximum Gasteiger partial charge on any atom is 0.404 e. The van der Waals surface area contributed by atoms with E-state index in [1.165, 1.54) is 0 Å². The van der Waals surface area contributed by atoms with Crippen molar-refractivity contribution in [3.05, 3.63) is 48.0 Å². The Labute approximate surface area is 113 Å². The summed E-state index contributed by atoms with van der Waals surface area (Å²) in [6, 6.07) is 9.91. The number of benzene rings is 1. The Morgan fingerprint density at radius 3 is 2.79 bits per heavy atom. The van der Waals surface area contributed by atoms with Gasteiger partial charge in [-0.05, 0) is 5.56 Å². The molecule has 1 unspecified atom stereocenters. The summed E-state index contributed by atoms with van der Waals surface area (Å²) in [5.41, 5.74) is 6.28. The quantitative estimate of drug-likeness (QED) is 0.827. The van der Waals surface area contributed by atoms with Gasteiger partial charge in [0.15, 0.2) is 0 Å². The fourth-order valence-corrected chi connectivity index (χ4v) is 2.28. The molecular weight excluding hydrogens is 242 g/mol. The van der Waals surface area contributed by atoms with Gasteiger partial charge in [0.2, 0.25) is 0 Å². The molecule has 1 aliphatic rings. The molecule has 0 bridgehead atoms. The van der Waals surface area contributed by atoms with Crippen molar-refractivity contribution in [3.8, 4) is 0 Å². The van der Waals surface area contributed by atoms with Crippen LogP contribution < -0.4 is 5.73 Å². The first kappa shape index (κ1) is 13.6. The van der Waals surface area contributed by atoms with Gasteiger partial charge >= 0.3 is 6.09 Å². The fraction of sp³-hybridized carbons (Fsp3) is 0.400. The van der Waals surface area contributed by atoms with Gasteiger partial charge in [0.1, 0.15) is 6.10 Å². The average molecular weight is 261 g/mol. The number of carbonyl (C=O) groups is 1. The van der Waals surface area contributed by atoms with E-state index in [4.69, 9.17) is 15.2 Å². The Morgan fingerprint density at radius 2 is 2.21 bits per heavy atom. The van der Waals surface area contributed by atoms with Crippen LogP contribution in [0.5, 0.6) is 0 Å². The van der Waals surface area contributed by atoms with Gasteiger partial charge in [-0.1, -0.05) is 49.4 Å². The third-order valence-corrected chi connectivity index (χ3v) is 3.36. The van der Waals surface area contributed by atoms with Gasteiger partial charge in [-0.25, -0.2) is 4.79 Å². The largest absolute Gasteiger partial charge is 0.446 e. The van der Waals surface area contributed by atoms with Crippen molar-refractivity contribution in [2.24, 2.45) is 11.7 Å². The number of hydrogen-bond acceptors (Lipinski definition) is 3. The standard InChI is InChI=1S/C15H19NO3/c1-11(13-8-5-9-18-13)14(19-15(16)17)10-12-6-3-2-4-7-12/h2-8,11,13-14H,9-10H2,1H3,(H2,16,17)/t11-,13-,14?/m0/s1. The van der Waals surface area contributed by atoms with Crippen molar-refractivity contribution >= 4 is 6.09 Å². The molecule has 0 radical (unpaired) electrons. The summed E-state index contributed by atoms with van der Waals surface area (Å²) in [5, 5.41) is 0. The molecule has 0 aromatic heterocycles. The van der Waals surface area contributed by atoms with E-state index in [0.29, 0.717) is 13.0 Å². The van der Waals surface area contributed by atoms with Gasteiger partial charge in [0, 0.05) is 12.3 Å². The van der Waals surface area contributed by atoms with E-state index < -0.39 is 6.09 Å². The van der Waals surface area contributed by atoms with Crippen molar-refractivity contribution in [2.45, 2.75) is 25.6 Å². The molecular formula is C15H19NO3. The topological polar surface area (TPSA) is 61.5 Å². The third-order valence-electron chi connectivity index (χ3n) is 3.36. The number of carbonyl (C=O) groups excluding carboxylic acids is 1. The fourth-order valence-electron chi connectivity index (χ4n) is 2.28. The maximum atomic E-state index is 11.1. The van der Waals surface area contributed by atoms with Gasteiger partial charge < -0.3 is 15.2 Å². The number of hydrogen-bond donors (Lipinski definition) is 1. The molecule has 0 saturated heterocycles. The highest BCUT2D eigenvalue weighted by atomic mass is 16.6. The molecule has 19 heavy (non-hydrogen) atoms. The number of amides is 1. The molecule has 1 amide bonds. The third kappa shape index (κ3) is 3.83. The highest BCUT2D eigenvalue weighted by Gasteiger charge is 2.29. The number of nitrogens with two attached hydrogens (primary N) is 1. The van der Waals surface area contributed by atoms with Gasteiger partial charge in [-0.15, -0.1) is 0 Å². The Balaban J connectivity index is 2.06. The van der Waals surface area contributed by atoms with E-state index in [0.717, 1.165) is 5.56 Å². The van der Waals surface area contributed by atoms with Crippen LogP contribution in [0, 0.1) is 5.92 Å². The van der Waals surface area contributed by atoms with Gasteiger partial charge in [0.05, 0.1) is 12.7 Å². The Kier molecular flexibility index (Phi) is 4.58. The molecule has 1 aromatic carbocycles. The zero-order valence-electron chi connectivity index (χ0n) is 11.0. The smallest absolute Gasteiger partial charge is 0.404 e. The number of rotatable bonds is 5. The monoisotopic (exact) mass is 261 g/mol. The van der Waals surface area contributed by atoms with E-state index in [1.54, 1.807) is 0 Å². The van der Waals surface area contributed by atoms with Crippen LogP contribution in [-0.2, 0) is 15.9 Å². The lowest BCUT2D eigenvalue weighted by Gasteiger charge is -2.27. The van der Waals surface area contributed by atoms with E-state index in [1.807, 2.05) is 49.4 Å². The van der Waals surface area contributed by atoms with Crippen molar-refractivity contribution in [3.63, 3.8) is 0 Å². The molecule has 0 saturated carbocycles. The molecule has 2 N–H and O–H groups in total. The van der Waals surface area contributed by atoms with Crippen molar-refractivity contribution in [2.75, 3.05) is 6.61 Å². The highest BCUT2D eigenvalue weighted by molar-refractivity contribution is 5.64. The first-order chi connectivity index (χ1) is 9.16. The summed E-state index contributed by atoms with van der Waals surface area (Å²) in [4.78, 5) is 11.1. The number of primary amides is 1. The normalized spacial score (nSPS) is 21.0. The minimum absolute atomic E-state index is 0.0203. The van der Waals surface area contributed by atoms with Crippen molar-refractivity contribution in [1.29, 1.82) is 0 Å². The van der Waals surface area contributed by atoms with Gasteiger partial charge in [0.25, 0.3) is 0 Å². The molecule has 0 spiro atoms. The van der Waals surface area contributed by atoms with Crippen LogP contribution >= 0.6 is 0 Å². The van der Waals surface area contributed by atoms with Crippen molar-refractivity contribution in [1.82, 2.24) is 0 Å². The predicted molar refractivity (Wildman–Crippen MR) is 72.6 cm³/mol. The SMILES string of the molecule is C[C@H](C(Cc1ccccc1)OC(N)=O)[C@@H]1C=CCO1. The van der Waals surface area contributed by atoms with Crippen LogP contribution in [0.1, 0.15) is 12.5 Å². The van der Waals surface area contributed by atoms with E-state index in [9.17, 15) is 4.79 Å². The molecule has 1 aromatic rings. The minimum Gasteiger partial charge on any atom is -0.446 e. The first-order valence-corrected chi connectivity index (χ1v) is 6.45. The lowest BCUT2D eigenvalue weighted by Crippen LogP contribution is -2.36. The molecule has 4 nitrogen and oxygen atoms in total. The molecule has 0 fully saturated rings. The van der Waals surface area contributed by atoms with Gasteiger partial charge in [-0.3, -0.25) is 0 Å². The zero-order chi connectivity index (χ0) is 13.7. The molecule has 4 heteroatoms. The number of ether oxygens (including phenoxy) is 2. The Bertz CT molecular complexity index is 444. The zero-order valence-corrected chi connectivity index (χ0v) is 11.0. The lowest BCUT2D eigenvalue weighted by molar-refractivity contribution is 0.00712. The summed E-state index contributed by atoms with van der Waals surface area (Å²) in [6.07, 6.45) is 3.58. The summed E-state index contributed by atoms with van der Waals surface area (Å²) < 4.78 is 10.8. The van der Waals surface area contributed by atoms with Crippen LogP contribution in [-0.4, -0.2) is 24.9 Å². The van der Waals surface area contributed by atoms with Crippen LogP contribution in [0.2, 0.25) is 0 Å². The second kappa shape index (κ2) is 6.38. The first-order valence-electron chi connectivity index (χ1n) is 6.45. The summed E-state index contributed by atoms with van der Waals surface area (Å²) >= 11 is 0. The van der Waals surface area contributed by atoms with E-state index in [2.05, 4.69) is 0 Å². The van der Waals surface area contributed by atoms with Crippen LogP contribution in [0.4, 0.5) is 4.79 Å². The van der Waals surface area contributed by atoms with Crippen molar-refractivity contribution < 1.29 is 14.3 Å². The minimum atomic E-state index is -0.741. The molecule has 3 atom stereocenters. The lowest BCUT2D eigenvalue weighted by atomic mass is 9.93. The Morgan fingerprint density at radius 1 is 1.47 bits per heavy atom. The molecule has 102 valence electrons. The summed E-state index contributed by atoms with van der Waals surface area (Å²) in [5.74, 6) is 0.0615. The molecule has 1 aliphatic heterocycles. The van der Waals surface area contributed by atoms with E-state index in [-0.39, 0.29) is 18.1 Å². The maximum absolute atomic E-state index is 11.1. The van der Waals surface area contributed by atoms with Gasteiger partial charge in [-0.2, -0.15) is 0 Å².